The lowest BCUT2D eigenvalue weighted by atomic mass is 9.71. The predicted molar refractivity (Wildman–Crippen MR) is 80.7 cm³/mol. The highest BCUT2D eigenvalue weighted by molar-refractivity contribution is 6.24. The Hall–Kier alpha value is -1.90. The van der Waals surface area contributed by atoms with Crippen LogP contribution in [0.25, 0.3) is 0 Å². The number of carbonyl (C=O) groups is 2. The van der Waals surface area contributed by atoms with Gasteiger partial charge in [-0.15, -0.1) is 0 Å². The number of allylic oxidation sites excluding steroid dienone is 2. The van der Waals surface area contributed by atoms with Crippen LogP contribution in [0.3, 0.4) is 0 Å². The third-order valence-electron chi connectivity index (χ3n) is 5.70. The number of nitrogens with zero attached hydrogens (tertiary/aromatic N) is 1. The van der Waals surface area contributed by atoms with Crippen molar-refractivity contribution in [1.29, 1.82) is 0 Å². The molecule has 1 aliphatic heterocycles. The molecule has 0 spiro atoms. The topological polar surface area (TPSA) is 37.4 Å². The zero-order valence-corrected chi connectivity index (χ0v) is 12.6. The molecule has 2 amide bonds. The lowest BCUT2D eigenvalue weighted by Crippen LogP contribution is -2.37. The van der Waals surface area contributed by atoms with E-state index in [1.807, 2.05) is 39.0 Å². The maximum absolute atomic E-state index is 13.0. The summed E-state index contributed by atoms with van der Waals surface area (Å²) in [4.78, 5) is 27.4. The first-order chi connectivity index (χ1) is 9.94. The molecule has 4 atom stereocenters. The number of carbonyl (C=O) groups excluding carboxylic acids is 2. The zero-order chi connectivity index (χ0) is 14.9. The van der Waals surface area contributed by atoms with Crippen LogP contribution in [-0.4, -0.2) is 11.8 Å². The van der Waals surface area contributed by atoms with Crippen LogP contribution in [0.15, 0.2) is 30.4 Å². The van der Waals surface area contributed by atoms with Crippen molar-refractivity contribution in [2.75, 3.05) is 4.90 Å². The molecule has 3 nitrogen and oxygen atoms in total. The summed E-state index contributed by atoms with van der Waals surface area (Å²) >= 11 is 0. The minimum atomic E-state index is -0.534. The lowest BCUT2D eigenvalue weighted by molar-refractivity contribution is -0.127. The molecular formula is C18H19NO2. The standard InChI is InChI=1S/C18H19NO2/c1-10-4-7-14(11(2)8-10)19-16(20)15-12-5-6-13(9-12)18(15,3)17(19)21/h4-8,12-13,15H,9H2,1-3H3/t12-,13-,15+,18+/m0/s1. The minimum Gasteiger partial charge on any atom is -0.274 e. The van der Waals surface area contributed by atoms with Crippen molar-refractivity contribution in [3.8, 4) is 0 Å². The van der Waals surface area contributed by atoms with Crippen LogP contribution >= 0.6 is 0 Å². The number of benzene rings is 1. The average Bonchev–Trinajstić information content (AvgIpc) is 3.05. The van der Waals surface area contributed by atoms with Crippen LogP contribution in [0.1, 0.15) is 24.5 Å². The molecule has 3 aliphatic rings. The first-order valence-electron chi connectivity index (χ1n) is 7.58. The monoisotopic (exact) mass is 281 g/mol. The van der Waals surface area contributed by atoms with E-state index in [0.29, 0.717) is 0 Å². The van der Waals surface area contributed by atoms with E-state index < -0.39 is 5.41 Å². The maximum Gasteiger partial charge on any atom is 0.241 e. The summed E-state index contributed by atoms with van der Waals surface area (Å²) in [7, 11) is 0. The SMILES string of the molecule is Cc1ccc(N2C(=O)[C@H]3[C@H]4C=C[C@@H](C4)[C@@]3(C)C2=O)c(C)c1. The molecule has 3 heteroatoms. The van der Waals surface area contributed by atoms with Crippen LogP contribution in [0.5, 0.6) is 0 Å². The van der Waals surface area contributed by atoms with Gasteiger partial charge in [-0.05, 0) is 50.7 Å². The van der Waals surface area contributed by atoms with Crippen LogP contribution in [0.2, 0.25) is 0 Å². The van der Waals surface area contributed by atoms with Gasteiger partial charge in [-0.1, -0.05) is 29.8 Å². The van der Waals surface area contributed by atoms with E-state index >= 15 is 0 Å². The van der Waals surface area contributed by atoms with Crippen molar-refractivity contribution in [3.63, 3.8) is 0 Å². The summed E-state index contributed by atoms with van der Waals surface area (Å²) in [6, 6.07) is 5.89. The van der Waals surface area contributed by atoms with Gasteiger partial charge in [0.25, 0.3) is 0 Å². The van der Waals surface area contributed by atoms with Crippen LogP contribution in [0.4, 0.5) is 5.69 Å². The summed E-state index contributed by atoms with van der Waals surface area (Å²) in [5.74, 6) is 0.278. The van der Waals surface area contributed by atoms with Crippen LogP contribution in [0, 0.1) is 37.0 Å². The molecule has 0 aromatic heterocycles. The van der Waals surface area contributed by atoms with Crippen molar-refractivity contribution in [3.05, 3.63) is 41.5 Å². The van der Waals surface area contributed by atoms with E-state index in [2.05, 4.69) is 12.2 Å². The third-order valence-corrected chi connectivity index (χ3v) is 5.70. The van der Waals surface area contributed by atoms with E-state index in [1.165, 1.54) is 4.90 Å². The zero-order valence-electron chi connectivity index (χ0n) is 12.6. The third kappa shape index (κ3) is 1.39. The summed E-state index contributed by atoms with van der Waals surface area (Å²) in [5.41, 5.74) is 2.35. The highest BCUT2D eigenvalue weighted by Gasteiger charge is 2.67. The van der Waals surface area contributed by atoms with Gasteiger partial charge in [-0.2, -0.15) is 0 Å². The molecule has 1 saturated carbocycles. The fraction of sp³-hybridized carbons (Fsp3) is 0.444. The van der Waals surface area contributed by atoms with Gasteiger partial charge in [0.1, 0.15) is 0 Å². The van der Waals surface area contributed by atoms with Crippen LogP contribution < -0.4 is 4.90 Å². The first kappa shape index (κ1) is 12.8. The van der Waals surface area contributed by atoms with Gasteiger partial charge < -0.3 is 0 Å². The Kier molecular flexibility index (Phi) is 2.35. The summed E-state index contributed by atoms with van der Waals surface area (Å²) in [6.07, 6.45) is 5.23. The number of aryl methyl sites for hydroxylation is 2. The van der Waals surface area contributed by atoms with E-state index in [0.717, 1.165) is 23.2 Å². The molecule has 108 valence electrons. The average molecular weight is 281 g/mol. The molecular weight excluding hydrogens is 262 g/mol. The smallest absolute Gasteiger partial charge is 0.241 e. The van der Waals surface area contributed by atoms with Crippen molar-refractivity contribution in [2.24, 2.45) is 23.2 Å². The molecule has 0 N–H and O–H groups in total. The second kappa shape index (κ2) is 3.85. The number of hydrogen-bond acceptors (Lipinski definition) is 2. The second-order valence-electron chi connectivity index (χ2n) is 6.92. The first-order valence-corrected chi connectivity index (χ1v) is 7.58. The Balaban J connectivity index is 1.83. The molecule has 0 unspecified atom stereocenters. The molecule has 1 aromatic rings. The highest BCUT2D eigenvalue weighted by atomic mass is 16.2. The Labute approximate surface area is 124 Å². The number of hydrogen-bond donors (Lipinski definition) is 0. The normalized spacial score (nSPS) is 36.7. The Morgan fingerprint density at radius 2 is 1.95 bits per heavy atom. The Bertz CT molecular complexity index is 705. The van der Waals surface area contributed by atoms with E-state index in [1.54, 1.807) is 0 Å². The van der Waals surface area contributed by atoms with Crippen LogP contribution in [-0.2, 0) is 9.59 Å². The van der Waals surface area contributed by atoms with E-state index in [-0.39, 0.29) is 29.6 Å². The lowest BCUT2D eigenvalue weighted by Gasteiger charge is -2.28. The molecule has 2 bridgehead atoms. The maximum atomic E-state index is 13.0. The van der Waals surface area contributed by atoms with Gasteiger partial charge in [0.05, 0.1) is 17.0 Å². The fourth-order valence-electron chi connectivity index (χ4n) is 4.59. The molecule has 2 fully saturated rings. The molecule has 21 heavy (non-hydrogen) atoms. The fourth-order valence-corrected chi connectivity index (χ4v) is 4.59. The van der Waals surface area contributed by atoms with Gasteiger partial charge in [0.15, 0.2) is 0 Å². The molecule has 4 rings (SSSR count). The van der Waals surface area contributed by atoms with Crippen molar-refractivity contribution in [1.82, 2.24) is 0 Å². The van der Waals surface area contributed by atoms with Gasteiger partial charge in [-0.25, -0.2) is 4.90 Å². The van der Waals surface area contributed by atoms with E-state index in [4.69, 9.17) is 0 Å². The van der Waals surface area contributed by atoms with Gasteiger partial charge in [0, 0.05) is 0 Å². The van der Waals surface area contributed by atoms with E-state index in [9.17, 15) is 9.59 Å². The van der Waals surface area contributed by atoms with Crippen molar-refractivity contribution in [2.45, 2.75) is 27.2 Å². The highest BCUT2D eigenvalue weighted by Crippen LogP contribution is 2.61. The predicted octanol–water partition coefficient (Wildman–Crippen LogP) is 3.01. The number of fused-ring (bicyclic) bond motifs is 5. The summed E-state index contributed by atoms with van der Waals surface area (Å²) in [6.45, 7) is 5.96. The van der Waals surface area contributed by atoms with Gasteiger partial charge in [-0.3, -0.25) is 9.59 Å². The largest absolute Gasteiger partial charge is 0.274 e. The van der Waals surface area contributed by atoms with Gasteiger partial charge in [0.2, 0.25) is 11.8 Å². The molecule has 1 aromatic carbocycles. The second-order valence-corrected chi connectivity index (χ2v) is 6.92. The van der Waals surface area contributed by atoms with Crippen molar-refractivity contribution < 1.29 is 9.59 Å². The summed E-state index contributed by atoms with van der Waals surface area (Å²) < 4.78 is 0. The number of rotatable bonds is 1. The molecule has 1 heterocycles. The number of imide groups is 1. The Morgan fingerprint density at radius 1 is 1.19 bits per heavy atom. The minimum absolute atomic E-state index is 0.00805. The number of anilines is 1. The summed E-state index contributed by atoms with van der Waals surface area (Å²) in [5, 5.41) is 0. The number of amides is 2. The molecule has 2 aliphatic carbocycles. The Morgan fingerprint density at radius 3 is 2.62 bits per heavy atom. The molecule has 1 saturated heterocycles. The van der Waals surface area contributed by atoms with Gasteiger partial charge >= 0.3 is 0 Å². The van der Waals surface area contributed by atoms with Crippen molar-refractivity contribution >= 4 is 17.5 Å². The quantitative estimate of drug-likeness (QED) is 0.586. The molecule has 0 radical (unpaired) electrons.